The van der Waals surface area contributed by atoms with E-state index in [-0.39, 0.29) is 11.6 Å². The molecule has 0 unspecified atom stereocenters. The van der Waals surface area contributed by atoms with Crippen LogP contribution >= 0.6 is 0 Å². The molecule has 0 bridgehead atoms. The summed E-state index contributed by atoms with van der Waals surface area (Å²) in [6.45, 7) is 4.27. The number of ether oxygens (including phenoxy) is 1. The molecular formula is C13H23N3O2. The first-order chi connectivity index (χ1) is 8.61. The Kier molecular flexibility index (Phi) is 4.02. The normalized spacial score (nSPS) is 30.3. The van der Waals surface area contributed by atoms with E-state index in [9.17, 15) is 0 Å². The van der Waals surface area contributed by atoms with E-state index in [0.717, 1.165) is 38.0 Å². The second-order valence-electron chi connectivity index (χ2n) is 5.35. The topological polar surface area (TPSA) is 74.2 Å². The predicted octanol–water partition coefficient (Wildman–Crippen LogP) is 2.53. The number of nitrogens with zero attached hydrogens (tertiary/aromatic N) is 2. The molecule has 1 saturated carbocycles. The molecule has 5 nitrogen and oxygen atoms in total. The molecule has 0 spiro atoms. The summed E-state index contributed by atoms with van der Waals surface area (Å²) >= 11 is 0. The third kappa shape index (κ3) is 2.42. The van der Waals surface area contributed by atoms with Crippen LogP contribution < -0.4 is 5.73 Å². The molecule has 18 heavy (non-hydrogen) atoms. The molecule has 2 rings (SSSR count). The van der Waals surface area contributed by atoms with E-state index in [4.69, 9.17) is 15.0 Å². The van der Waals surface area contributed by atoms with Gasteiger partial charge in [-0.15, -0.1) is 0 Å². The molecule has 102 valence electrons. The number of aromatic nitrogens is 2. The molecule has 0 saturated heterocycles. The van der Waals surface area contributed by atoms with Crippen LogP contribution in [0.1, 0.15) is 63.7 Å². The molecule has 0 amide bonds. The standard InChI is InChI=1S/C13H23N3O2/c1-4-10(14)11-15-12(16-18-11)13(17-3)7-5-9(2)6-8-13/h9-10H,4-8,14H2,1-3H3/t9?,10-,13?/m1/s1. The maximum Gasteiger partial charge on any atom is 0.243 e. The Morgan fingerprint density at radius 1 is 1.50 bits per heavy atom. The van der Waals surface area contributed by atoms with Crippen LogP contribution in [0.3, 0.4) is 0 Å². The van der Waals surface area contributed by atoms with Crippen LogP contribution in [0, 0.1) is 5.92 Å². The summed E-state index contributed by atoms with van der Waals surface area (Å²) in [5.74, 6) is 1.93. The highest BCUT2D eigenvalue weighted by Crippen LogP contribution is 2.40. The minimum absolute atomic E-state index is 0.178. The Labute approximate surface area is 108 Å². The van der Waals surface area contributed by atoms with Crippen LogP contribution in [0.5, 0.6) is 0 Å². The van der Waals surface area contributed by atoms with Gasteiger partial charge in [0.25, 0.3) is 0 Å². The van der Waals surface area contributed by atoms with Gasteiger partial charge in [-0.05, 0) is 38.0 Å². The molecule has 1 fully saturated rings. The summed E-state index contributed by atoms with van der Waals surface area (Å²) < 4.78 is 11.0. The molecule has 2 N–H and O–H groups in total. The summed E-state index contributed by atoms with van der Waals surface area (Å²) in [6.07, 6.45) is 4.96. The van der Waals surface area contributed by atoms with Crippen molar-refractivity contribution in [3.05, 3.63) is 11.7 Å². The number of nitrogens with two attached hydrogens (primary N) is 1. The van der Waals surface area contributed by atoms with Crippen LogP contribution in [0.4, 0.5) is 0 Å². The lowest BCUT2D eigenvalue weighted by Gasteiger charge is -2.35. The Balaban J connectivity index is 2.20. The van der Waals surface area contributed by atoms with E-state index in [0.29, 0.717) is 11.7 Å². The van der Waals surface area contributed by atoms with Gasteiger partial charge in [-0.2, -0.15) is 4.98 Å². The van der Waals surface area contributed by atoms with E-state index in [1.165, 1.54) is 0 Å². The molecule has 1 atom stereocenters. The maximum absolute atomic E-state index is 5.91. The van der Waals surface area contributed by atoms with E-state index < -0.39 is 0 Å². The Morgan fingerprint density at radius 2 is 2.17 bits per heavy atom. The summed E-state index contributed by atoms with van der Waals surface area (Å²) in [6, 6.07) is -0.178. The first-order valence-corrected chi connectivity index (χ1v) is 6.76. The molecule has 1 aromatic rings. The smallest absolute Gasteiger partial charge is 0.243 e. The first-order valence-electron chi connectivity index (χ1n) is 6.76. The zero-order valence-corrected chi connectivity index (χ0v) is 11.5. The molecule has 0 aromatic carbocycles. The van der Waals surface area contributed by atoms with Gasteiger partial charge in [0.1, 0.15) is 5.60 Å². The van der Waals surface area contributed by atoms with Gasteiger partial charge in [-0.25, -0.2) is 0 Å². The van der Waals surface area contributed by atoms with Gasteiger partial charge in [0.05, 0.1) is 6.04 Å². The van der Waals surface area contributed by atoms with Crippen LogP contribution in [0.2, 0.25) is 0 Å². The molecule has 0 aliphatic heterocycles. The van der Waals surface area contributed by atoms with Crippen molar-refractivity contribution in [3.8, 4) is 0 Å². The maximum atomic E-state index is 5.91. The van der Waals surface area contributed by atoms with Crippen molar-refractivity contribution in [2.75, 3.05) is 7.11 Å². The van der Waals surface area contributed by atoms with Crippen LogP contribution in [0.15, 0.2) is 4.52 Å². The van der Waals surface area contributed by atoms with Gasteiger partial charge in [-0.3, -0.25) is 0 Å². The van der Waals surface area contributed by atoms with Crippen molar-refractivity contribution in [2.45, 2.75) is 57.6 Å². The Hall–Kier alpha value is -0.940. The molecule has 1 heterocycles. The third-order valence-corrected chi connectivity index (χ3v) is 4.08. The SMILES string of the molecule is CC[C@@H](N)c1nc(C2(OC)CCC(C)CC2)no1. The van der Waals surface area contributed by atoms with Gasteiger partial charge in [-0.1, -0.05) is 19.0 Å². The van der Waals surface area contributed by atoms with Crippen LogP contribution in [-0.2, 0) is 10.3 Å². The zero-order chi connectivity index (χ0) is 13.2. The van der Waals surface area contributed by atoms with Gasteiger partial charge in [0.2, 0.25) is 11.7 Å². The monoisotopic (exact) mass is 253 g/mol. The highest BCUT2D eigenvalue weighted by molar-refractivity contribution is 5.05. The van der Waals surface area contributed by atoms with Gasteiger partial charge in [0, 0.05) is 7.11 Å². The molecule has 0 radical (unpaired) electrons. The Morgan fingerprint density at radius 3 is 2.72 bits per heavy atom. The van der Waals surface area contributed by atoms with E-state index in [2.05, 4.69) is 17.1 Å². The first kappa shape index (κ1) is 13.5. The number of hydrogen-bond donors (Lipinski definition) is 1. The average Bonchev–Trinajstić information content (AvgIpc) is 2.89. The van der Waals surface area contributed by atoms with Crippen molar-refractivity contribution in [3.63, 3.8) is 0 Å². The Bertz CT molecular complexity index is 383. The summed E-state index contributed by atoms with van der Waals surface area (Å²) in [5, 5.41) is 4.09. The van der Waals surface area contributed by atoms with E-state index in [1.807, 2.05) is 6.92 Å². The fourth-order valence-electron chi connectivity index (χ4n) is 2.49. The average molecular weight is 253 g/mol. The predicted molar refractivity (Wildman–Crippen MR) is 67.8 cm³/mol. The van der Waals surface area contributed by atoms with Crippen molar-refractivity contribution in [2.24, 2.45) is 11.7 Å². The molecule has 1 aliphatic carbocycles. The van der Waals surface area contributed by atoms with Crippen LogP contribution in [0.25, 0.3) is 0 Å². The largest absolute Gasteiger partial charge is 0.370 e. The van der Waals surface area contributed by atoms with Crippen molar-refractivity contribution < 1.29 is 9.26 Å². The second-order valence-corrected chi connectivity index (χ2v) is 5.35. The molecule has 1 aliphatic rings. The number of rotatable bonds is 4. The highest BCUT2D eigenvalue weighted by Gasteiger charge is 2.40. The fourth-order valence-corrected chi connectivity index (χ4v) is 2.49. The third-order valence-electron chi connectivity index (χ3n) is 4.08. The van der Waals surface area contributed by atoms with Crippen molar-refractivity contribution in [1.29, 1.82) is 0 Å². The summed E-state index contributed by atoms with van der Waals surface area (Å²) in [7, 11) is 1.73. The van der Waals surface area contributed by atoms with E-state index in [1.54, 1.807) is 7.11 Å². The van der Waals surface area contributed by atoms with Crippen molar-refractivity contribution in [1.82, 2.24) is 10.1 Å². The lowest BCUT2D eigenvalue weighted by molar-refractivity contribution is -0.0609. The molecule has 1 aromatic heterocycles. The lowest BCUT2D eigenvalue weighted by Crippen LogP contribution is -2.34. The molecule has 5 heteroatoms. The van der Waals surface area contributed by atoms with Crippen LogP contribution in [-0.4, -0.2) is 17.3 Å². The zero-order valence-electron chi connectivity index (χ0n) is 11.5. The minimum Gasteiger partial charge on any atom is -0.370 e. The van der Waals surface area contributed by atoms with E-state index >= 15 is 0 Å². The van der Waals surface area contributed by atoms with Crippen molar-refractivity contribution >= 4 is 0 Å². The molecular weight excluding hydrogens is 230 g/mol. The van der Waals surface area contributed by atoms with Gasteiger partial charge < -0.3 is 15.0 Å². The second kappa shape index (κ2) is 5.36. The lowest BCUT2D eigenvalue weighted by atomic mass is 9.79. The number of methoxy groups -OCH3 is 1. The van der Waals surface area contributed by atoms with Gasteiger partial charge >= 0.3 is 0 Å². The quantitative estimate of drug-likeness (QED) is 0.892. The summed E-state index contributed by atoms with van der Waals surface area (Å²) in [5.41, 5.74) is 5.53. The number of hydrogen-bond acceptors (Lipinski definition) is 5. The summed E-state index contributed by atoms with van der Waals surface area (Å²) in [4.78, 5) is 4.44. The fraction of sp³-hybridized carbons (Fsp3) is 0.846. The highest BCUT2D eigenvalue weighted by atomic mass is 16.5. The van der Waals surface area contributed by atoms with Gasteiger partial charge in [0.15, 0.2) is 0 Å². The minimum atomic E-state index is -0.373.